The molecule has 0 amide bonds. The standard InChI is InChI=1S/C12H16N2O3S/c1-10-9-12(13-18(16,17)14(2)3)7-6-11(10)5-4-8-15/h6-7,9,13,15H,8H2,1-3H3. The van der Waals surface area contributed by atoms with Gasteiger partial charge in [-0.1, -0.05) is 11.8 Å². The minimum atomic E-state index is -3.49. The van der Waals surface area contributed by atoms with E-state index in [2.05, 4.69) is 16.6 Å². The van der Waals surface area contributed by atoms with E-state index in [-0.39, 0.29) is 6.61 Å². The summed E-state index contributed by atoms with van der Waals surface area (Å²) in [6, 6.07) is 5.05. The fourth-order valence-electron chi connectivity index (χ4n) is 1.24. The van der Waals surface area contributed by atoms with E-state index in [4.69, 9.17) is 5.11 Å². The van der Waals surface area contributed by atoms with E-state index in [0.29, 0.717) is 5.69 Å². The van der Waals surface area contributed by atoms with Gasteiger partial charge in [0.15, 0.2) is 0 Å². The van der Waals surface area contributed by atoms with Crippen LogP contribution in [0.4, 0.5) is 5.69 Å². The molecule has 0 heterocycles. The van der Waals surface area contributed by atoms with Crippen LogP contribution < -0.4 is 4.72 Å². The van der Waals surface area contributed by atoms with Crippen molar-refractivity contribution in [3.63, 3.8) is 0 Å². The SMILES string of the molecule is Cc1cc(NS(=O)(=O)N(C)C)ccc1C#CCO. The maximum absolute atomic E-state index is 11.6. The smallest absolute Gasteiger partial charge is 0.301 e. The second kappa shape index (κ2) is 5.87. The summed E-state index contributed by atoms with van der Waals surface area (Å²) >= 11 is 0. The Bertz CT molecular complexity index is 583. The van der Waals surface area contributed by atoms with E-state index >= 15 is 0 Å². The molecule has 1 rings (SSSR count). The number of nitrogens with one attached hydrogen (secondary N) is 1. The molecule has 5 nitrogen and oxygen atoms in total. The highest BCUT2D eigenvalue weighted by Gasteiger charge is 2.12. The highest BCUT2D eigenvalue weighted by atomic mass is 32.2. The lowest BCUT2D eigenvalue weighted by molar-refractivity contribution is 0.350. The summed E-state index contributed by atoms with van der Waals surface area (Å²) in [7, 11) is -0.581. The normalized spacial score (nSPS) is 10.9. The zero-order valence-corrected chi connectivity index (χ0v) is 11.4. The fourth-order valence-corrected chi connectivity index (χ4v) is 1.85. The molecule has 0 aliphatic carbocycles. The fraction of sp³-hybridized carbons (Fsp3) is 0.333. The average Bonchev–Trinajstić information content (AvgIpc) is 2.27. The van der Waals surface area contributed by atoms with Gasteiger partial charge in [-0.25, -0.2) is 0 Å². The quantitative estimate of drug-likeness (QED) is 0.787. The van der Waals surface area contributed by atoms with Crippen LogP contribution in [0.15, 0.2) is 18.2 Å². The lowest BCUT2D eigenvalue weighted by atomic mass is 10.1. The minimum Gasteiger partial charge on any atom is -0.384 e. The molecule has 2 N–H and O–H groups in total. The van der Waals surface area contributed by atoms with E-state index in [1.54, 1.807) is 18.2 Å². The number of rotatable bonds is 3. The Morgan fingerprint density at radius 3 is 2.56 bits per heavy atom. The number of aliphatic hydroxyl groups excluding tert-OH is 1. The molecule has 0 aliphatic heterocycles. The molecule has 0 bridgehead atoms. The molecule has 0 saturated heterocycles. The first-order valence-corrected chi connectivity index (χ1v) is 6.71. The van der Waals surface area contributed by atoms with Crippen molar-refractivity contribution in [2.75, 3.05) is 25.4 Å². The summed E-state index contributed by atoms with van der Waals surface area (Å²) in [6.45, 7) is 1.63. The second-order valence-corrected chi connectivity index (χ2v) is 5.76. The number of hydrogen-bond acceptors (Lipinski definition) is 3. The number of aliphatic hydroxyl groups is 1. The highest BCUT2D eigenvalue weighted by molar-refractivity contribution is 7.90. The molecule has 0 saturated carbocycles. The summed E-state index contributed by atoms with van der Waals surface area (Å²) in [5.74, 6) is 5.34. The van der Waals surface area contributed by atoms with Gasteiger partial charge in [-0.05, 0) is 30.7 Å². The van der Waals surface area contributed by atoms with Gasteiger partial charge < -0.3 is 5.11 Å². The molecule has 6 heteroatoms. The Hall–Kier alpha value is -1.55. The van der Waals surface area contributed by atoms with Crippen LogP contribution in [0.5, 0.6) is 0 Å². The van der Waals surface area contributed by atoms with Crippen molar-refractivity contribution in [1.82, 2.24) is 4.31 Å². The minimum absolute atomic E-state index is 0.200. The third-order valence-corrected chi connectivity index (χ3v) is 3.71. The van der Waals surface area contributed by atoms with E-state index < -0.39 is 10.2 Å². The Morgan fingerprint density at radius 1 is 1.39 bits per heavy atom. The van der Waals surface area contributed by atoms with Gasteiger partial charge in [0.05, 0.1) is 5.69 Å². The van der Waals surface area contributed by atoms with Gasteiger partial charge in [-0.3, -0.25) is 4.72 Å². The molecule has 1 aromatic rings. The van der Waals surface area contributed by atoms with Gasteiger partial charge in [0.1, 0.15) is 6.61 Å². The van der Waals surface area contributed by atoms with Gasteiger partial charge in [0.2, 0.25) is 0 Å². The predicted octanol–water partition coefficient (Wildman–Crippen LogP) is 0.557. The van der Waals surface area contributed by atoms with Crippen LogP contribution in [0.1, 0.15) is 11.1 Å². The number of hydrogen-bond donors (Lipinski definition) is 2. The molecule has 0 unspecified atom stereocenters. The van der Waals surface area contributed by atoms with Gasteiger partial charge in [0, 0.05) is 19.7 Å². The maximum Gasteiger partial charge on any atom is 0.301 e. The molecule has 0 radical (unpaired) electrons. The Balaban J connectivity index is 2.99. The van der Waals surface area contributed by atoms with Crippen molar-refractivity contribution < 1.29 is 13.5 Å². The third kappa shape index (κ3) is 3.74. The number of aryl methyl sites for hydroxylation is 1. The Labute approximate surface area is 108 Å². The highest BCUT2D eigenvalue weighted by Crippen LogP contribution is 2.16. The molecule has 0 aromatic heterocycles. The largest absolute Gasteiger partial charge is 0.384 e. The third-order valence-electron chi connectivity index (χ3n) is 2.26. The summed E-state index contributed by atoms with van der Waals surface area (Å²) < 4.78 is 26.8. The topological polar surface area (TPSA) is 69.6 Å². The van der Waals surface area contributed by atoms with Crippen molar-refractivity contribution >= 4 is 15.9 Å². The summed E-state index contributed by atoms with van der Waals surface area (Å²) in [4.78, 5) is 0. The van der Waals surface area contributed by atoms with Crippen LogP contribution in [0.25, 0.3) is 0 Å². The van der Waals surface area contributed by atoms with Crippen LogP contribution in [0.2, 0.25) is 0 Å². The molecule has 98 valence electrons. The summed E-state index contributed by atoms with van der Waals surface area (Å²) in [5.41, 5.74) is 2.09. The lowest BCUT2D eigenvalue weighted by Gasteiger charge is -2.13. The van der Waals surface area contributed by atoms with Crippen LogP contribution >= 0.6 is 0 Å². The molecule has 0 atom stereocenters. The lowest BCUT2D eigenvalue weighted by Crippen LogP contribution is -2.28. The van der Waals surface area contributed by atoms with Gasteiger partial charge in [-0.15, -0.1) is 0 Å². The van der Waals surface area contributed by atoms with Crippen molar-refractivity contribution in [3.05, 3.63) is 29.3 Å². The zero-order chi connectivity index (χ0) is 13.8. The molecule has 18 heavy (non-hydrogen) atoms. The van der Waals surface area contributed by atoms with Crippen LogP contribution in [-0.4, -0.2) is 38.5 Å². The zero-order valence-electron chi connectivity index (χ0n) is 10.6. The number of nitrogens with zero attached hydrogens (tertiary/aromatic N) is 1. The van der Waals surface area contributed by atoms with Crippen LogP contribution in [0.3, 0.4) is 0 Å². The molecule has 0 aliphatic rings. The van der Waals surface area contributed by atoms with Crippen molar-refractivity contribution in [3.8, 4) is 11.8 Å². The van der Waals surface area contributed by atoms with E-state index in [1.165, 1.54) is 14.1 Å². The molecular weight excluding hydrogens is 252 g/mol. The Morgan fingerprint density at radius 2 is 2.06 bits per heavy atom. The van der Waals surface area contributed by atoms with Gasteiger partial charge in [-0.2, -0.15) is 12.7 Å². The van der Waals surface area contributed by atoms with Crippen molar-refractivity contribution in [1.29, 1.82) is 0 Å². The summed E-state index contributed by atoms with van der Waals surface area (Å²) in [6.07, 6.45) is 0. The van der Waals surface area contributed by atoms with Crippen molar-refractivity contribution in [2.45, 2.75) is 6.92 Å². The molecule has 0 spiro atoms. The van der Waals surface area contributed by atoms with E-state index in [0.717, 1.165) is 15.4 Å². The Kier molecular flexibility index (Phi) is 4.73. The van der Waals surface area contributed by atoms with E-state index in [9.17, 15) is 8.42 Å². The van der Waals surface area contributed by atoms with E-state index in [1.807, 2.05) is 6.92 Å². The number of benzene rings is 1. The van der Waals surface area contributed by atoms with Crippen LogP contribution in [0, 0.1) is 18.8 Å². The predicted molar refractivity (Wildman–Crippen MR) is 71.4 cm³/mol. The first-order valence-electron chi connectivity index (χ1n) is 5.27. The average molecular weight is 268 g/mol. The maximum atomic E-state index is 11.6. The first kappa shape index (κ1) is 14.5. The molecular formula is C12H16N2O3S. The molecule has 1 aromatic carbocycles. The van der Waals surface area contributed by atoms with Crippen molar-refractivity contribution in [2.24, 2.45) is 0 Å². The first-order chi connectivity index (χ1) is 8.36. The molecule has 0 fully saturated rings. The van der Waals surface area contributed by atoms with Gasteiger partial charge in [0.25, 0.3) is 0 Å². The monoisotopic (exact) mass is 268 g/mol. The second-order valence-electron chi connectivity index (χ2n) is 3.88. The number of anilines is 1. The van der Waals surface area contributed by atoms with Crippen LogP contribution in [-0.2, 0) is 10.2 Å². The van der Waals surface area contributed by atoms with Gasteiger partial charge >= 0.3 is 10.2 Å². The summed E-state index contributed by atoms with van der Waals surface area (Å²) in [5, 5.41) is 8.62.